The minimum Gasteiger partial charge on any atom is -0.307 e. The molecule has 0 spiro atoms. The highest BCUT2D eigenvalue weighted by Gasteiger charge is 2.41. The second-order valence-electron chi connectivity index (χ2n) is 8.36. The molecule has 1 aliphatic rings. The van der Waals surface area contributed by atoms with Gasteiger partial charge in [0.2, 0.25) is 0 Å². The Morgan fingerprint density at radius 1 is 0.739 bits per heavy atom. The van der Waals surface area contributed by atoms with Gasteiger partial charge in [-0.3, -0.25) is 0 Å². The summed E-state index contributed by atoms with van der Waals surface area (Å²) in [5.41, 5.74) is 3.23. The first-order valence-corrected chi connectivity index (χ1v) is 8.76. The Morgan fingerprint density at radius 3 is 1.52 bits per heavy atom. The molecule has 122 valence electrons. The van der Waals surface area contributed by atoms with Crippen molar-refractivity contribution >= 4 is 0 Å². The molecule has 0 aromatic heterocycles. The molecular weight excluding hydrogens is 278 g/mol. The van der Waals surface area contributed by atoms with Crippen molar-refractivity contribution in [3.05, 3.63) is 71.8 Å². The summed E-state index contributed by atoms with van der Waals surface area (Å²) < 4.78 is 0. The molecule has 1 saturated heterocycles. The molecule has 1 N–H and O–H groups in total. The summed E-state index contributed by atoms with van der Waals surface area (Å²) in [6, 6.07) is 22.1. The van der Waals surface area contributed by atoms with Gasteiger partial charge < -0.3 is 5.32 Å². The second kappa shape index (κ2) is 6.13. The van der Waals surface area contributed by atoms with Gasteiger partial charge in [0.15, 0.2) is 0 Å². The molecule has 0 radical (unpaired) electrons. The first kappa shape index (κ1) is 16.3. The van der Waals surface area contributed by atoms with E-state index in [1.54, 1.807) is 0 Å². The van der Waals surface area contributed by atoms with Crippen LogP contribution in [0.15, 0.2) is 60.7 Å². The average Bonchev–Trinajstić information content (AvgIpc) is 2.46. The van der Waals surface area contributed by atoms with Crippen molar-refractivity contribution in [3.63, 3.8) is 0 Å². The summed E-state index contributed by atoms with van der Waals surface area (Å²) in [5.74, 6) is 1.11. The molecule has 3 rings (SSSR count). The standard InChI is InChI=1S/C22H29N/c1-21(2)15-19(16-22(3,4)23-21)20(17-11-7-5-8-12-17)18-13-9-6-10-14-18/h5-14,19-20,23H,15-16H2,1-4H3. The lowest BCUT2D eigenvalue weighted by molar-refractivity contribution is 0.119. The molecule has 0 bridgehead atoms. The Hall–Kier alpha value is -1.60. The van der Waals surface area contributed by atoms with Crippen LogP contribution >= 0.6 is 0 Å². The number of piperidine rings is 1. The minimum absolute atomic E-state index is 0.175. The fourth-order valence-electron chi connectivity index (χ4n) is 4.69. The van der Waals surface area contributed by atoms with E-state index >= 15 is 0 Å². The van der Waals surface area contributed by atoms with Gasteiger partial charge in [0, 0.05) is 17.0 Å². The van der Waals surface area contributed by atoms with Crippen LogP contribution < -0.4 is 5.32 Å². The van der Waals surface area contributed by atoms with E-state index in [9.17, 15) is 0 Å². The third-order valence-electron chi connectivity index (χ3n) is 5.01. The fourth-order valence-corrected chi connectivity index (χ4v) is 4.69. The summed E-state index contributed by atoms with van der Waals surface area (Å²) in [5, 5.41) is 3.82. The Bertz CT molecular complexity index is 572. The highest BCUT2D eigenvalue weighted by molar-refractivity contribution is 5.34. The molecule has 1 aliphatic heterocycles. The molecule has 1 fully saturated rings. The van der Waals surface area contributed by atoms with E-state index in [1.165, 1.54) is 24.0 Å². The van der Waals surface area contributed by atoms with Gasteiger partial charge in [-0.05, 0) is 57.6 Å². The van der Waals surface area contributed by atoms with Crippen LogP contribution in [-0.2, 0) is 0 Å². The Balaban J connectivity index is 2.02. The molecule has 0 atom stereocenters. The van der Waals surface area contributed by atoms with Crippen LogP contribution in [0, 0.1) is 5.92 Å². The van der Waals surface area contributed by atoms with E-state index in [4.69, 9.17) is 0 Å². The van der Waals surface area contributed by atoms with Crippen molar-refractivity contribution in [3.8, 4) is 0 Å². The lowest BCUT2D eigenvalue weighted by atomic mass is 9.67. The molecule has 1 heteroatoms. The van der Waals surface area contributed by atoms with Gasteiger partial charge in [0.05, 0.1) is 0 Å². The topological polar surface area (TPSA) is 12.0 Å². The molecular formula is C22H29N. The molecule has 0 amide bonds. The van der Waals surface area contributed by atoms with Crippen LogP contribution in [0.2, 0.25) is 0 Å². The fraction of sp³-hybridized carbons (Fsp3) is 0.455. The lowest BCUT2D eigenvalue weighted by Gasteiger charge is -2.49. The third kappa shape index (κ3) is 3.84. The summed E-state index contributed by atoms with van der Waals surface area (Å²) in [4.78, 5) is 0. The van der Waals surface area contributed by atoms with E-state index in [2.05, 4.69) is 93.7 Å². The van der Waals surface area contributed by atoms with Gasteiger partial charge in [-0.1, -0.05) is 60.7 Å². The molecule has 2 aromatic rings. The van der Waals surface area contributed by atoms with Crippen molar-refractivity contribution in [2.45, 2.75) is 57.5 Å². The smallest absolute Gasteiger partial charge is 0.0133 e. The predicted molar refractivity (Wildman–Crippen MR) is 98.7 cm³/mol. The van der Waals surface area contributed by atoms with Crippen LogP contribution in [0.1, 0.15) is 57.6 Å². The van der Waals surface area contributed by atoms with Crippen molar-refractivity contribution in [2.75, 3.05) is 0 Å². The van der Waals surface area contributed by atoms with Crippen LogP contribution in [0.3, 0.4) is 0 Å². The Morgan fingerprint density at radius 2 is 1.13 bits per heavy atom. The number of hydrogen-bond acceptors (Lipinski definition) is 1. The van der Waals surface area contributed by atoms with E-state index in [-0.39, 0.29) is 11.1 Å². The van der Waals surface area contributed by atoms with Crippen LogP contribution in [-0.4, -0.2) is 11.1 Å². The quantitative estimate of drug-likeness (QED) is 0.803. The number of hydrogen-bond donors (Lipinski definition) is 1. The molecule has 0 saturated carbocycles. The van der Waals surface area contributed by atoms with E-state index in [0.29, 0.717) is 11.8 Å². The van der Waals surface area contributed by atoms with Crippen molar-refractivity contribution in [1.82, 2.24) is 5.32 Å². The monoisotopic (exact) mass is 307 g/mol. The normalized spacial score (nSPS) is 20.6. The molecule has 0 aliphatic carbocycles. The molecule has 0 unspecified atom stereocenters. The first-order chi connectivity index (χ1) is 10.9. The predicted octanol–water partition coefficient (Wildman–Crippen LogP) is 5.38. The second-order valence-corrected chi connectivity index (χ2v) is 8.36. The van der Waals surface area contributed by atoms with Crippen molar-refractivity contribution < 1.29 is 0 Å². The molecule has 1 nitrogen and oxygen atoms in total. The van der Waals surface area contributed by atoms with Crippen molar-refractivity contribution in [1.29, 1.82) is 0 Å². The maximum Gasteiger partial charge on any atom is 0.0133 e. The van der Waals surface area contributed by atoms with Gasteiger partial charge in [-0.25, -0.2) is 0 Å². The Kier molecular flexibility index (Phi) is 4.33. The van der Waals surface area contributed by atoms with Crippen LogP contribution in [0.25, 0.3) is 0 Å². The molecule has 2 aromatic carbocycles. The average molecular weight is 307 g/mol. The zero-order chi connectivity index (χ0) is 16.5. The highest BCUT2D eigenvalue weighted by Crippen LogP contribution is 2.43. The first-order valence-electron chi connectivity index (χ1n) is 8.76. The van der Waals surface area contributed by atoms with E-state index < -0.39 is 0 Å². The summed E-state index contributed by atoms with van der Waals surface area (Å²) in [7, 11) is 0. The lowest BCUT2D eigenvalue weighted by Crippen LogP contribution is -2.58. The van der Waals surface area contributed by atoms with Crippen LogP contribution in [0.5, 0.6) is 0 Å². The SMILES string of the molecule is CC1(C)CC(C(c2ccccc2)c2ccccc2)CC(C)(C)N1. The number of benzene rings is 2. The van der Waals surface area contributed by atoms with Crippen LogP contribution in [0.4, 0.5) is 0 Å². The molecule has 23 heavy (non-hydrogen) atoms. The maximum atomic E-state index is 3.82. The minimum atomic E-state index is 0.175. The molecule has 1 heterocycles. The van der Waals surface area contributed by atoms with Gasteiger partial charge in [-0.15, -0.1) is 0 Å². The number of nitrogens with one attached hydrogen (secondary N) is 1. The summed E-state index contributed by atoms with van der Waals surface area (Å²) in [6.45, 7) is 9.36. The van der Waals surface area contributed by atoms with Gasteiger partial charge >= 0.3 is 0 Å². The summed E-state index contributed by atoms with van der Waals surface area (Å²) in [6.07, 6.45) is 2.40. The maximum absolute atomic E-state index is 3.82. The van der Waals surface area contributed by atoms with E-state index in [1.807, 2.05) is 0 Å². The Labute approximate surface area is 141 Å². The largest absolute Gasteiger partial charge is 0.307 e. The van der Waals surface area contributed by atoms with Gasteiger partial charge in [-0.2, -0.15) is 0 Å². The van der Waals surface area contributed by atoms with Crippen molar-refractivity contribution in [2.24, 2.45) is 5.92 Å². The number of rotatable bonds is 3. The zero-order valence-corrected chi connectivity index (χ0v) is 14.8. The summed E-state index contributed by atoms with van der Waals surface area (Å²) >= 11 is 0. The van der Waals surface area contributed by atoms with E-state index in [0.717, 1.165) is 0 Å². The zero-order valence-electron chi connectivity index (χ0n) is 14.8. The third-order valence-corrected chi connectivity index (χ3v) is 5.01. The van der Waals surface area contributed by atoms with Gasteiger partial charge in [0.25, 0.3) is 0 Å². The highest BCUT2D eigenvalue weighted by atomic mass is 15.0. The van der Waals surface area contributed by atoms with Gasteiger partial charge in [0.1, 0.15) is 0 Å².